The second-order valence-electron chi connectivity index (χ2n) is 5.11. The molecule has 0 saturated heterocycles. The van der Waals surface area contributed by atoms with Gasteiger partial charge in [-0.2, -0.15) is 0 Å². The molecule has 6 heteroatoms. The number of thiophene rings is 1. The van der Waals surface area contributed by atoms with Gasteiger partial charge in [-0.05, 0) is 38.3 Å². The zero-order valence-electron chi connectivity index (χ0n) is 10.8. The molecule has 0 atom stereocenters. The molecule has 1 heterocycles. The Bertz CT molecular complexity index is 502. The third kappa shape index (κ3) is 2.93. The van der Waals surface area contributed by atoms with Gasteiger partial charge in [0.2, 0.25) is 10.0 Å². The summed E-state index contributed by atoms with van der Waals surface area (Å²) in [6, 6.07) is 1.69. The largest absolute Gasteiger partial charge is 0.315 e. The van der Waals surface area contributed by atoms with Crippen LogP contribution in [0.15, 0.2) is 16.3 Å². The van der Waals surface area contributed by atoms with Gasteiger partial charge in [0.05, 0.1) is 4.90 Å². The van der Waals surface area contributed by atoms with Crippen LogP contribution in [0.4, 0.5) is 0 Å². The van der Waals surface area contributed by atoms with Crippen LogP contribution in [-0.4, -0.2) is 21.0 Å². The van der Waals surface area contributed by atoms with Crippen molar-refractivity contribution in [3.63, 3.8) is 0 Å². The Labute approximate surface area is 113 Å². The molecular weight excluding hydrogens is 268 g/mol. The molecular formula is C12H20N2O2S2. The Kier molecular flexibility index (Phi) is 4.11. The fraction of sp³-hybridized carbons (Fsp3) is 0.667. The van der Waals surface area contributed by atoms with Gasteiger partial charge in [0.15, 0.2) is 0 Å². The fourth-order valence-corrected chi connectivity index (χ4v) is 5.42. The van der Waals surface area contributed by atoms with Crippen LogP contribution in [0.3, 0.4) is 0 Å². The SMILES string of the molecule is CNCc1sccc1S(=O)(=O)NC1(C)CCCC1. The lowest BCUT2D eigenvalue weighted by molar-refractivity contribution is 0.427. The molecule has 0 unspecified atom stereocenters. The summed E-state index contributed by atoms with van der Waals surface area (Å²) < 4.78 is 27.7. The number of sulfonamides is 1. The number of rotatable bonds is 5. The summed E-state index contributed by atoms with van der Waals surface area (Å²) in [6.07, 6.45) is 4.06. The normalized spacial score (nSPS) is 19.2. The van der Waals surface area contributed by atoms with Gasteiger partial charge in [0.1, 0.15) is 0 Å². The second kappa shape index (κ2) is 5.28. The third-order valence-electron chi connectivity index (χ3n) is 3.42. The first kappa shape index (κ1) is 14.0. The highest BCUT2D eigenvalue weighted by Crippen LogP contribution is 2.31. The van der Waals surface area contributed by atoms with Crippen molar-refractivity contribution >= 4 is 21.4 Å². The topological polar surface area (TPSA) is 58.2 Å². The van der Waals surface area contributed by atoms with E-state index >= 15 is 0 Å². The minimum absolute atomic E-state index is 0.266. The number of nitrogens with one attached hydrogen (secondary N) is 2. The molecule has 1 saturated carbocycles. The first-order valence-electron chi connectivity index (χ1n) is 6.22. The zero-order valence-corrected chi connectivity index (χ0v) is 12.5. The van der Waals surface area contributed by atoms with Crippen LogP contribution in [0, 0.1) is 0 Å². The van der Waals surface area contributed by atoms with E-state index in [1.54, 1.807) is 6.07 Å². The maximum atomic E-state index is 12.4. The van der Waals surface area contributed by atoms with Crippen molar-refractivity contribution in [1.29, 1.82) is 0 Å². The summed E-state index contributed by atoms with van der Waals surface area (Å²) in [5.41, 5.74) is -0.266. The Balaban J connectivity index is 2.22. The van der Waals surface area contributed by atoms with Crippen molar-refractivity contribution in [1.82, 2.24) is 10.0 Å². The fourth-order valence-electron chi connectivity index (χ4n) is 2.49. The monoisotopic (exact) mass is 288 g/mol. The summed E-state index contributed by atoms with van der Waals surface area (Å²) in [4.78, 5) is 1.29. The molecule has 0 radical (unpaired) electrons. The number of hydrogen-bond acceptors (Lipinski definition) is 4. The van der Waals surface area contributed by atoms with Gasteiger partial charge in [0.25, 0.3) is 0 Å². The number of hydrogen-bond donors (Lipinski definition) is 2. The maximum absolute atomic E-state index is 12.4. The van der Waals surface area contributed by atoms with Crippen molar-refractivity contribution in [3.8, 4) is 0 Å². The van der Waals surface area contributed by atoms with E-state index in [4.69, 9.17) is 0 Å². The highest BCUT2D eigenvalue weighted by molar-refractivity contribution is 7.89. The molecule has 2 rings (SSSR count). The standard InChI is InChI=1S/C12H20N2O2S2/c1-12(6-3-4-7-12)14-18(15,16)11-5-8-17-10(11)9-13-2/h5,8,13-14H,3-4,6-7,9H2,1-2H3. The van der Waals surface area contributed by atoms with E-state index in [1.807, 2.05) is 19.4 Å². The van der Waals surface area contributed by atoms with E-state index in [9.17, 15) is 8.42 Å². The molecule has 4 nitrogen and oxygen atoms in total. The summed E-state index contributed by atoms with van der Waals surface area (Å²) >= 11 is 1.48. The molecule has 1 aliphatic carbocycles. The predicted molar refractivity (Wildman–Crippen MR) is 74.3 cm³/mol. The van der Waals surface area contributed by atoms with E-state index in [2.05, 4.69) is 10.0 Å². The lowest BCUT2D eigenvalue weighted by Crippen LogP contribution is -2.43. The van der Waals surface area contributed by atoms with Gasteiger partial charge in [0, 0.05) is 17.0 Å². The summed E-state index contributed by atoms with van der Waals surface area (Å²) in [7, 11) is -1.57. The van der Waals surface area contributed by atoms with Crippen LogP contribution in [-0.2, 0) is 16.6 Å². The van der Waals surface area contributed by atoms with Crippen LogP contribution in [0.1, 0.15) is 37.5 Å². The van der Waals surface area contributed by atoms with Crippen LogP contribution in [0.25, 0.3) is 0 Å². The molecule has 18 heavy (non-hydrogen) atoms. The molecule has 0 spiro atoms. The van der Waals surface area contributed by atoms with Gasteiger partial charge in [-0.15, -0.1) is 11.3 Å². The van der Waals surface area contributed by atoms with Gasteiger partial charge >= 0.3 is 0 Å². The van der Waals surface area contributed by atoms with Gasteiger partial charge in [-0.1, -0.05) is 12.8 Å². The first-order chi connectivity index (χ1) is 8.47. The minimum Gasteiger partial charge on any atom is -0.315 e. The zero-order chi connectivity index (χ0) is 13.2. The quantitative estimate of drug-likeness (QED) is 0.872. The molecule has 1 aromatic rings. The average Bonchev–Trinajstić information content (AvgIpc) is 2.87. The van der Waals surface area contributed by atoms with E-state index in [0.29, 0.717) is 11.4 Å². The smallest absolute Gasteiger partial charge is 0.242 e. The Morgan fingerprint density at radius 3 is 2.67 bits per heavy atom. The lowest BCUT2D eigenvalue weighted by Gasteiger charge is -2.24. The van der Waals surface area contributed by atoms with Crippen LogP contribution in [0.2, 0.25) is 0 Å². The van der Waals surface area contributed by atoms with Gasteiger partial charge < -0.3 is 5.32 Å². The maximum Gasteiger partial charge on any atom is 0.242 e. The van der Waals surface area contributed by atoms with Crippen LogP contribution in [0.5, 0.6) is 0 Å². The van der Waals surface area contributed by atoms with Gasteiger partial charge in [-0.25, -0.2) is 13.1 Å². The second-order valence-corrected chi connectivity index (χ2v) is 7.76. The molecule has 1 fully saturated rings. The van der Waals surface area contributed by atoms with Gasteiger partial charge in [-0.3, -0.25) is 0 Å². The Morgan fingerprint density at radius 2 is 2.06 bits per heavy atom. The van der Waals surface area contributed by atoms with Crippen LogP contribution >= 0.6 is 11.3 Å². The van der Waals surface area contributed by atoms with E-state index < -0.39 is 10.0 Å². The molecule has 2 N–H and O–H groups in total. The summed E-state index contributed by atoms with van der Waals surface area (Å²) in [6.45, 7) is 2.59. The van der Waals surface area contributed by atoms with E-state index in [-0.39, 0.29) is 5.54 Å². The molecule has 0 aliphatic heterocycles. The average molecular weight is 288 g/mol. The van der Waals surface area contributed by atoms with Crippen molar-refractivity contribution in [2.75, 3.05) is 7.05 Å². The minimum atomic E-state index is -3.39. The summed E-state index contributed by atoms with van der Waals surface area (Å²) in [5, 5.41) is 4.84. The highest BCUT2D eigenvalue weighted by Gasteiger charge is 2.34. The van der Waals surface area contributed by atoms with Crippen molar-refractivity contribution in [2.24, 2.45) is 0 Å². The molecule has 1 aromatic heterocycles. The molecule has 0 bridgehead atoms. The highest BCUT2D eigenvalue weighted by atomic mass is 32.2. The molecule has 102 valence electrons. The van der Waals surface area contributed by atoms with E-state index in [1.165, 1.54) is 11.3 Å². The third-order valence-corrected chi connectivity index (χ3v) is 6.19. The van der Waals surface area contributed by atoms with E-state index in [0.717, 1.165) is 30.6 Å². The predicted octanol–water partition coefficient (Wildman–Crippen LogP) is 2.08. The van der Waals surface area contributed by atoms with Crippen molar-refractivity contribution in [2.45, 2.75) is 49.6 Å². The Hall–Kier alpha value is -0.430. The molecule has 0 amide bonds. The first-order valence-corrected chi connectivity index (χ1v) is 8.58. The lowest BCUT2D eigenvalue weighted by atomic mass is 10.0. The molecule has 0 aromatic carbocycles. The Morgan fingerprint density at radius 1 is 1.39 bits per heavy atom. The van der Waals surface area contributed by atoms with Crippen molar-refractivity contribution in [3.05, 3.63) is 16.3 Å². The summed E-state index contributed by atoms with van der Waals surface area (Å²) in [5.74, 6) is 0. The van der Waals surface area contributed by atoms with Crippen LogP contribution < -0.4 is 10.0 Å². The van der Waals surface area contributed by atoms with Crippen molar-refractivity contribution < 1.29 is 8.42 Å². The molecule has 1 aliphatic rings.